The predicted molar refractivity (Wildman–Crippen MR) is 76.5 cm³/mol. The first-order valence-corrected chi connectivity index (χ1v) is 6.77. The minimum atomic E-state index is 0.145. The van der Waals surface area contributed by atoms with Gasteiger partial charge < -0.3 is 15.0 Å². The average molecular weight is 248 g/mol. The van der Waals surface area contributed by atoms with Crippen molar-refractivity contribution >= 4 is 5.69 Å². The largest absolute Gasteiger partial charge is 0.492 e. The first kappa shape index (κ1) is 13.2. The first-order chi connectivity index (χ1) is 8.53. The SMILES string of the molecule is CCOc1ccccc1N1CC(C)(C)NCC1C. The van der Waals surface area contributed by atoms with Gasteiger partial charge in [0.2, 0.25) is 0 Å². The van der Waals surface area contributed by atoms with Crippen LogP contribution in [0.2, 0.25) is 0 Å². The van der Waals surface area contributed by atoms with Crippen molar-refractivity contribution in [1.82, 2.24) is 5.32 Å². The van der Waals surface area contributed by atoms with Crippen LogP contribution in [0, 0.1) is 0 Å². The molecule has 100 valence electrons. The number of para-hydroxylation sites is 2. The quantitative estimate of drug-likeness (QED) is 0.890. The lowest BCUT2D eigenvalue weighted by Gasteiger charge is -2.45. The van der Waals surface area contributed by atoms with Gasteiger partial charge in [-0.15, -0.1) is 0 Å². The molecule has 1 N–H and O–H groups in total. The number of rotatable bonds is 3. The number of anilines is 1. The Morgan fingerprint density at radius 3 is 2.83 bits per heavy atom. The highest BCUT2D eigenvalue weighted by molar-refractivity contribution is 5.59. The highest BCUT2D eigenvalue weighted by atomic mass is 16.5. The van der Waals surface area contributed by atoms with E-state index in [-0.39, 0.29) is 5.54 Å². The molecule has 1 aromatic rings. The van der Waals surface area contributed by atoms with Gasteiger partial charge in [-0.3, -0.25) is 0 Å². The fourth-order valence-electron chi connectivity index (χ4n) is 2.47. The van der Waals surface area contributed by atoms with Crippen molar-refractivity contribution in [1.29, 1.82) is 0 Å². The molecule has 0 aliphatic carbocycles. The Morgan fingerprint density at radius 2 is 2.11 bits per heavy atom. The Labute approximate surface area is 110 Å². The van der Waals surface area contributed by atoms with Crippen LogP contribution >= 0.6 is 0 Å². The minimum Gasteiger partial charge on any atom is -0.492 e. The Balaban J connectivity index is 2.28. The van der Waals surface area contributed by atoms with Crippen LogP contribution < -0.4 is 15.0 Å². The van der Waals surface area contributed by atoms with Gasteiger partial charge in [-0.1, -0.05) is 12.1 Å². The van der Waals surface area contributed by atoms with E-state index < -0.39 is 0 Å². The van der Waals surface area contributed by atoms with Crippen LogP contribution in [0.1, 0.15) is 27.7 Å². The summed E-state index contributed by atoms with van der Waals surface area (Å²) < 4.78 is 5.74. The third-order valence-electron chi connectivity index (χ3n) is 3.45. The zero-order valence-corrected chi connectivity index (χ0v) is 11.9. The van der Waals surface area contributed by atoms with E-state index in [2.05, 4.69) is 49.2 Å². The summed E-state index contributed by atoms with van der Waals surface area (Å²) in [7, 11) is 0. The molecule has 3 nitrogen and oxygen atoms in total. The van der Waals surface area contributed by atoms with E-state index >= 15 is 0 Å². The number of ether oxygens (including phenoxy) is 1. The number of hydrogen-bond donors (Lipinski definition) is 1. The molecule has 0 bridgehead atoms. The van der Waals surface area contributed by atoms with Crippen molar-refractivity contribution in [2.24, 2.45) is 0 Å². The summed E-state index contributed by atoms with van der Waals surface area (Å²) in [6.07, 6.45) is 0. The number of nitrogens with one attached hydrogen (secondary N) is 1. The van der Waals surface area contributed by atoms with E-state index in [1.54, 1.807) is 0 Å². The van der Waals surface area contributed by atoms with Crippen molar-refractivity contribution in [2.45, 2.75) is 39.3 Å². The lowest BCUT2D eigenvalue weighted by Crippen LogP contribution is -2.61. The number of piperazine rings is 1. The van der Waals surface area contributed by atoms with Gasteiger partial charge in [0.05, 0.1) is 12.3 Å². The van der Waals surface area contributed by atoms with Gasteiger partial charge in [0, 0.05) is 24.7 Å². The lowest BCUT2D eigenvalue weighted by molar-refractivity contribution is 0.309. The predicted octanol–water partition coefficient (Wildman–Crippen LogP) is 2.66. The molecular formula is C15H24N2O. The summed E-state index contributed by atoms with van der Waals surface area (Å²) in [5.41, 5.74) is 1.35. The van der Waals surface area contributed by atoms with Gasteiger partial charge in [-0.25, -0.2) is 0 Å². The maximum Gasteiger partial charge on any atom is 0.142 e. The van der Waals surface area contributed by atoms with Crippen molar-refractivity contribution in [3.63, 3.8) is 0 Å². The lowest BCUT2D eigenvalue weighted by atomic mass is 9.98. The summed E-state index contributed by atoms with van der Waals surface area (Å²) in [6, 6.07) is 8.81. The highest BCUT2D eigenvalue weighted by Gasteiger charge is 2.31. The van der Waals surface area contributed by atoms with Crippen LogP contribution in [-0.4, -0.2) is 31.3 Å². The zero-order valence-electron chi connectivity index (χ0n) is 11.9. The monoisotopic (exact) mass is 248 g/mol. The molecule has 0 aromatic heterocycles. The molecule has 1 unspecified atom stereocenters. The molecule has 18 heavy (non-hydrogen) atoms. The second-order valence-electron chi connectivity index (χ2n) is 5.64. The molecule has 1 aliphatic heterocycles. The van der Waals surface area contributed by atoms with E-state index in [0.29, 0.717) is 12.6 Å². The van der Waals surface area contributed by atoms with Crippen LogP contribution in [0.5, 0.6) is 5.75 Å². The van der Waals surface area contributed by atoms with Crippen LogP contribution in [0.4, 0.5) is 5.69 Å². The smallest absolute Gasteiger partial charge is 0.142 e. The molecule has 3 heteroatoms. The molecular weight excluding hydrogens is 224 g/mol. The van der Waals surface area contributed by atoms with Gasteiger partial charge in [0.1, 0.15) is 5.75 Å². The summed E-state index contributed by atoms with van der Waals surface area (Å²) in [5.74, 6) is 0.990. The molecule has 2 rings (SSSR count). The molecule has 1 atom stereocenters. The number of benzene rings is 1. The van der Waals surface area contributed by atoms with Gasteiger partial charge in [0.25, 0.3) is 0 Å². The van der Waals surface area contributed by atoms with Crippen molar-refractivity contribution in [3.05, 3.63) is 24.3 Å². The minimum absolute atomic E-state index is 0.145. The van der Waals surface area contributed by atoms with E-state index in [1.807, 2.05) is 13.0 Å². The van der Waals surface area contributed by atoms with Crippen LogP contribution in [-0.2, 0) is 0 Å². The summed E-state index contributed by atoms with van der Waals surface area (Å²) in [4.78, 5) is 2.45. The van der Waals surface area contributed by atoms with Crippen molar-refractivity contribution in [3.8, 4) is 5.75 Å². The molecule has 0 amide bonds. The fraction of sp³-hybridized carbons (Fsp3) is 0.600. The molecule has 0 spiro atoms. The van der Waals surface area contributed by atoms with E-state index in [4.69, 9.17) is 4.74 Å². The van der Waals surface area contributed by atoms with E-state index in [1.165, 1.54) is 5.69 Å². The average Bonchev–Trinajstić information content (AvgIpc) is 2.34. The Kier molecular flexibility index (Phi) is 3.81. The van der Waals surface area contributed by atoms with E-state index in [9.17, 15) is 0 Å². The van der Waals surface area contributed by atoms with E-state index in [0.717, 1.165) is 18.8 Å². The van der Waals surface area contributed by atoms with Crippen molar-refractivity contribution in [2.75, 3.05) is 24.6 Å². The maximum atomic E-state index is 5.74. The summed E-state index contributed by atoms with van der Waals surface area (Å²) >= 11 is 0. The van der Waals surface area contributed by atoms with Gasteiger partial charge >= 0.3 is 0 Å². The zero-order chi connectivity index (χ0) is 13.2. The Bertz CT molecular complexity index is 403. The number of nitrogens with zero attached hydrogens (tertiary/aromatic N) is 1. The van der Waals surface area contributed by atoms with Crippen molar-refractivity contribution < 1.29 is 4.74 Å². The molecule has 1 aromatic carbocycles. The Hall–Kier alpha value is -1.22. The second-order valence-corrected chi connectivity index (χ2v) is 5.64. The molecule has 1 saturated heterocycles. The third kappa shape index (κ3) is 2.78. The summed E-state index contributed by atoms with van der Waals surface area (Å²) in [5, 5.41) is 3.58. The maximum absolute atomic E-state index is 5.74. The second kappa shape index (κ2) is 5.19. The highest BCUT2D eigenvalue weighted by Crippen LogP contribution is 2.32. The topological polar surface area (TPSA) is 24.5 Å². The van der Waals surface area contributed by atoms with Gasteiger partial charge in [-0.2, -0.15) is 0 Å². The standard InChI is InChI=1S/C15H24N2O/c1-5-18-14-9-7-6-8-13(14)17-11-15(3,4)16-10-12(17)2/h6-9,12,16H,5,10-11H2,1-4H3. The molecule has 1 heterocycles. The summed E-state index contributed by atoms with van der Waals surface area (Å²) in [6.45, 7) is 11.5. The first-order valence-electron chi connectivity index (χ1n) is 6.77. The van der Waals surface area contributed by atoms with Crippen LogP contribution in [0.15, 0.2) is 24.3 Å². The normalized spacial score (nSPS) is 22.9. The third-order valence-corrected chi connectivity index (χ3v) is 3.45. The fourth-order valence-corrected chi connectivity index (χ4v) is 2.47. The molecule has 0 radical (unpaired) electrons. The molecule has 0 saturated carbocycles. The number of hydrogen-bond acceptors (Lipinski definition) is 3. The molecule has 1 fully saturated rings. The molecule has 1 aliphatic rings. The van der Waals surface area contributed by atoms with Gasteiger partial charge in [-0.05, 0) is 39.8 Å². The Morgan fingerprint density at radius 1 is 1.39 bits per heavy atom. The van der Waals surface area contributed by atoms with Crippen LogP contribution in [0.25, 0.3) is 0 Å². The van der Waals surface area contributed by atoms with Crippen LogP contribution in [0.3, 0.4) is 0 Å². The van der Waals surface area contributed by atoms with Gasteiger partial charge in [0.15, 0.2) is 0 Å².